The van der Waals surface area contributed by atoms with Gasteiger partial charge in [-0.15, -0.1) is 0 Å². The molecule has 0 unspecified atom stereocenters. The maximum Gasteiger partial charge on any atom is 0.224 e. The molecule has 4 nitrogen and oxygen atoms in total. The van der Waals surface area contributed by atoms with E-state index in [1.165, 1.54) is 0 Å². The first-order valence-corrected chi connectivity index (χ1v) is 6.65. The Bertz CT molecular complexity index is 394. The fourth-order valence-electron chi connectivity index (χ4n) is 1.61. The van der Waals surface area contributed by atoms with E-state index in [4.69, 9.17) is 10.5 Å². The normalized spacial score (nSPS) is 11.2. The molecule has 0 aromatic heterocycles. The van der Waals surface area contributed by atoms with Gasteiger partial charge in [0.2, 0.25) is 5.91 Å². The summed E-state index contributed by atoms with van der Waals surface area (Å²) in [4.78, 5) is 11.6. The third kappa shape index (κ3) is 6.82. The Kier molecular flexibility index (Phi) is 5.83. The van der Waals surface area contributed by atoms with E-state index < -0.39 is 0 Å². The number of hydrogen-bond donors (Lipinski definition) is 2. The van der Waals surface area contributed by atoms with Gasteiger partial charge < -0.3 is 15.8 Å². The summed E-state index contributed by atoms with van der Waals surface area (Å²) in [6, 6.07) is 7.63. The fraction of sp³-hybridized carbons (Fsp3) is 0.533. The molecule has 4 heteroatoms. The van der Waals surface area contributed by atoms with Crippen LogP contribution in [0.1, 0.15) is 32.8 Å². The van der Waals surface area contributed by atoms with E-state index in [-0.39, 0.29) is 11.5 Å². The van der Waals surface area contributed by atoms with E-state index in [0.29, 0.717) is 19.5 Å². The topological polar surface area (TPSA) is 64.3 Å². The molecule has 0 heterocycles. The van der Waals surface area contributed by atoms with Gasteiger partial charge in [0, 0.05) is 6.54 Å². The Morgan fingerprint density at radius 1 is 1.26 bits per heavy atom. The van der Waals surface area contributed by atoms with Crippen molar-refractivity contribution in [3.8, 4) is 5.75 Å². The van der Waals surface area contributed by atoms with E-state index in [9.17, 15) is 4.79 Å². The number of amides is 1. The molecular weight excluding hydrogens is 240 g/mol. The average molecular weight is 264 g/mol. The molecule has 19 heavy (non-hydrogen) atoms. The lowest BCUT2D eigenvalue weighted by Gasteiger charge is -2.21. The molecule has 3 N–H and O–H groups in total. The third-order valence-corrected chi connectivity index (χ3v) is 2.42. The summed E-state index contributed by atoms with van der Waals surface area (Å²) in [5, 5.41) is 2.83. The minimum absolute atomic E-state index is 0.0259. The summed E-state index contributed by atoms with van der Waals surface area (Å²) in [5.41, 5.74) is 6.14. The highest BCUT2D eigenvalue weighted by Gasteiger charge is 2.11. The molecule has 106 valence electrons. The molecule has 0 aliphatic carbocycles. The van der Waals surface area contributed by atoms with Crippen LogP contribution in [0.5, 0.6) is 5.75 Å². The van der Waals surface area contributed by atoms with E-state index in [2.05, 4.69) is 5.32 Å². The van der Waals surface area contributed by atoms with Crippen molar-refractivity contribution in [3.63, 3.8) is 0 Å². The zero-order valence-electron chi connectivity index (χ0n) is 12.0. The lowest BCUT2D eigenvalue weighted by molar-refractivity contribution is -0.120. The largest absolute Gasteiger partial charge is 0.488 e. The van der Waals surface area contributed by atoms with Crippen molar-refractivity contribution < 1.29 is 9.53 Å². The molecule has 1 amide bonds. The molecule has 0 spiro atoms. The van der Waals surface area contributed by atoms with E-state index >= 15 is 0 Å². The molecule has 0 saturated carbocycles. The summed E-state index contributed by atoms with van der Waals surface area (Å²) in [7, 11) is 0. The monoisotopic (exact) mass is 264 g/mol. The first-order chi connectivity index (χ1) is 8.90. The molecule has 0 fully saturated rings. The van der Waals surface area contributed by atoms with Crippen molar-refractivity contribution in [1.82, 2.24) is 5.32 Å². The van der Waals surface area contributed by atoms with Gasteiger partial charge in [0.1, 0.15) is 11.4 Å². The van der Waals surface area contributed by atoms with Gasteiger partial charge >= 0.3 is 0 Å². The Hall–Kier alpha value is -1.55. The molecule has 1 aromatic carbocycles. The number of carbonyl (C=O) groups is 1. The molecule has 1 rings (SSSR count). The zero-order valence-corrected chi connectivity index (χ0v) is 12.0. The van der Waals surface area contributed by atoms with E-state index in [1.807, 2.05) is 45.0 Å². The Morgan fingerprint density at radius 2 is 1.89 bits per heavy atom. The van der Waals surface area contributed by atoms with Crippen LogP contribution in [0.2, 0.25) is 0 Å². The quantitative estimate of drug-likeness (QED) is 0.771. The maximum absolute atomic E-state index is 11.6. The average Bonchev–Trinajstić information content (AvgIpc) is 2.30. The predicted octanol–water partition coefficient (Wildman–Crippen LogP) is 1.87. The number of nitrogens with one attached hydrogen (secondary N) is 1. The molecule has 0 aliphatic heterocycles. The van der Waals surface area contributed by atoms with Crippen LogP contribution in [-0.4, -0.2) is 24.6 Å². The van der Waals surface area contributed by atoms with Gasteiger partial charge in [0.05, 0.1) is 6.42 Å². The standard InChI is InChI=1S/C15H24N2O2/c1-15(2,3)19-13-7-5-12(6-8-13)11-14(18)17-10-4-9-16/h5-8H,4,9-11,16H2,1-3H3,(H,17,18). The van der Waals surface area contributed by atoms with Gasteiger partial charge in [-0.2, -0.15) is 0 Å². The minimum atomic E-state index is -0.207. The SMILES string of the molecule is CC(C)(C)Oc1ccc(CC(=O)NCCCN)cc1. The van der Waals surface area contributed by atoms with Crippen LogP contribution >= 0.6 is 0 Å². The highest BCUT2D eigenvalue weighted by molar-refractivity contribution is 5.78. The summed E-state index contributed by atoms with van der Waals surface area (Å²) in [6.45, 7) is 7.25. The van der Waals surface area contributed by atoms with Gasteiger partial charge in [-0.05, 0) is 51.4 Å². The van der Waals surface area contributed by atoms with Gasteiger partial charge in [-0.25, -0.2) is 0 Å². The van der Waals surface area contributed by atoms with Crippen LogP contribution in [0.25, 0.3) is 0 Å². The Balaban J connectivity index is 2.46. The molecule has 0 radical (unpaired) electrons. The van der Waals surface area contributed by atoms with Crippen LogP contribution in [0.15, 0.2) is 24.3 Å². The maximum atomic E-state index is 11.6. The second kappa shape index (κ2) is 7.14. The molecule has 0 atom stereocenters. The van der Waals surface area contributed by atoms with Crippen LogP contribution in [0.3, 0.4) is 0 Å². The van der Waals surface area contributed by atoms with Gasteiger partial charge in [-0.1, -0.05) is 12.1 Å². The zero-order chi connectivity index (χ0) is 14.3. The predicted molar refractivity (Wildman–Crippen MR) is 77.2 cm³/mol. The van der Waals surface area contributed by atoms with E-state index in [1.54, 1.807) is 0 Å². The second-order valence-corrected chi connectivity index (χ2v) is 5.53. The van der Waals surface area contributed by atoms with Crippen LogP contribution in [-0.2, 0) is 11.2 Å². The van der Waals surface area contributed by atoms with Crippen LogP contribution < -0.4 is 15.8 Å². The number of nitrogens with two attached hydrogens (primary N) is 1. The van der Waals surface area contributed by atoms with Crippen molar-refractivity contribution in [3.05, 3.63) is 29.8 Å². The first-order valence-electron chi connectivity index (χ1n) is 6.65. The number of ether oxygens (including phenoxy) is 1. The fourth-order valence-corrected chi connectivity index (χ4v) is 1.61. The molecular formula is C15H24N2O2. The van der Waals surface area contributed by atoms with Gasteiger partial charge in [0.15, 0.2) is 0 Å². The number of rotatable bonds is 6. The molecule has 0 saturated heterocycles. The third-order valence-electron chi connectivity index (χ3n) is 2.42. The highest BCUT2D eigenvalue weighted by atomic mass is 16.5. The van der Waals surface area contributed by atoms with Gasteiger partial charge in [-0.3, -0.25) is 4.79 Å². The minimum Gasteiger partial charge on any atom is -0.488 e. The van der Waals surface area contributed by atoms with Crippen molar-refractivity contribution >= 4 is 5.91 Å². The van der Waals surface area contributed by atoms with Crippen LogP contribution in [0.4, 0.5) is 0 Å². The van der Waals surface area contributed by atoms with Crippen LogP contribution in [0, 0.1) is 0 Å². The lowest BCUT2D eigenvalue weighted by atomic mass is 10.1. The van der Waals surface area contributed by atoms with Crippen molar-refractivity contribution in [2.24, 2.45) is 5.73 Å². The summed E-state index contributed by atoms with van der Waals surface area (Å²) >= 11 is 0. The first kappa shape index (κ1) is 15.5. The van der Waals surface area contributed by atoms with E-state index in [0.717, 1.165) is 17.7 Å². The molecule has 0 bridgehead atoms. The van der Waals surface area contributed by atoms with Crippen molar-refractivity contribution in [2.45, 2.75) is 39.2 Å². The summed E-state index contributed by atoms with van der Waals surface area (Å²) in [5.74, 6) is 0.845. The number of benzene rings is 1. The molecule has 1 aromatic rings. The highest BCUT2D eigenvalue weighted by Crippen LogP contribution is 2.18. The van der Waals surface area contributed by atoms with Gasteiger partial charge in [0.25, 0.3) is 0 Å². The van der Waals surface area contributed by atoms with Crippen molar-refractivity contribution in [1.29, 1.82) is 0 Å². The second-order valence-electron chi connectivity index (χ2n) is 5.53. The number of hydrogen-bond acceptors (Lipinski definition) is 3. The smallest absolute Gasteiger partial charge is 0.224 e. The molecule has 0 aliphatic rings. The van der Waals surface area contributed by atoms with Crippen molar-refractivity contribution in [2.75, 3.05) is 13.1 Å². The summed E-state index contributed by atoms with van der Waals surface area (Å²) in [6.07, 6.45) is 1.20. The lowest BCUT2D eigenvalue weighted by Crippen LogP contribution is -2.27. The Labute approximate surface area is 115 Å². The summed E-state index contributed by atoms with van der Waals surface area (Å²) < 4.78 is 5.73. The number of carbonyl (C=O) groups excluding carboxylic acids is 1. The Morgan fingerprint density at radius 3 is 2.42 bits per heavy atom.